The van der Waals surface area contributed by atoms with Crippen molar-refractivity contribution in [3.05, 3.63) is 0 Å². The first-order valence-electron chi connectivity index (χ1n) is 6.92. The van der Waals surface area contributed by atoms with Gasteiger partial charge in [0.25, 0.3) is 0 Å². The van der Waals surface area contributed by atoms with Crippen LogP contribution in [0.25, 0.3) is 0 Å². The van der Waals surface area contributed by atoms with Crippen molar-refractivity contribution >= 4 is 0 Å². The van der Waals surface area contributed by atoms with Crippen molar-refractivity contribution in [1.82, 2.24) is 15.1 Å². The molecule has 1 N–H and O–H groups in total. The van der Waals surface area contributed by atoms with Crippen molar-refractivity contribution in [1.29, 1.82) is 0 Å². The molecule has 0 radical (unpaired) electrons. The van der Waals surface area contributed by atoms with E-state index < -0.39 is 0 Å². The van der Waals surface area contributed by atoms with E-state index in [2.05, 4.69) is 29.1 Å². The van der Waals surface area contributed by atoms with Gasteiger partial charge in [0, 0.05) is 38.3 Å². The number of hydrogen-bond acceptors (Lipinski definition) is 3. The second-order valence-corrected chi connectivity index (χ2v) is 5.51. The molecule has 0 aromatic rings. The summed E-state index contributed by atoms with van der Waals surface area (Å²) >= 11 is 0. The Kier molecular flexibility index (Phi) is 4.62. The molecule has 94 valence electrons. The highest BCUT2D eigenvalue weighted by atomic mass is 15.2. The average Bonchev–Trinajstić information content (AvgIpc) is 2.30. The largest absolute Gasteiger partial charge is 0.314 e. The second-order valence-electron chi connectivity index (χ2n) is 5.51. The van der Waals surface area contributed by atoms with Gasteiger partial charge in [0.2, 0.25) is 0 Å². The van der Waals surface area contributed by atoms with E-state index in [9.17, 15) is 0 Å². The Labute approximate surface area is 100 Å². The molecule has 3 heteroatoms. The van der Waals surface area contributed by atoms with E-state index in [1.54, 1.807) is 0 Å². The van der Waals surface area contributed by atoms with Crippen molar-refractivity contribution in [2.75, 3.05) is 39.8 Å². The summed E-state index contributed by atoms with van der Waals surface area (Å²) in [5.74, 6) is 0. The van der Waals surface area contributed by atoms with Crippen molar-refractivity contribution in [2.24, 2.45) is 0 Å². The third kappa shape index (κ3) is 3.19. The molecule has 0 amide bonds. The van der Waals surface area contributed by atoms with E-state index >= 15 is 0 Å². The molecule has 2 aliphatic heterocycles. The van der Waals surface area contributed by atoms with Crippen molar-refractivity contribution in [3.63, 3.8) is 0 Å². The molecule has 0 saturated carbocycles. The molecule has 2 atom stereocenters. The molecule has 3 nitrogen and oxygen atoms in total. The molecule has 0 bridgehead atoms. The number of piperidine rings is 1. The molecule has 0 spiro atoms. The Balaban J connectivity index is 1.72. The Bertz CT molecular complexity index is 185. The zero-order chi connectivity index (χ0) is 11.4. The molecule has 0 aromatic carbocycles. The third-order valence-electron chi connectivity index (χ3n) is 4.31. The summed E-state index contributed by atoms with van der Waals surface area (Å²) in [5.41, 5.74) is 0. The van der Waals surface area contributed by atoms with Gasteiger partial charge in [0.05, 0.1) is 0 Å². The van der Waals surface area contributed by atoms with Crippen molar-refractivity contribution in [2.45, 2.75) is 44.7 Å². The van der Waals surface area contributed by atoms with Gasteiger partial charge < -0.3 is 10.2 Å². The molecule has 2 heterocycles. The van der Waals surface area contributed by atoms with Gasteiger partial charge in [-0.3, -0.25) is 4.90 Å². The zero-order valence-electron chi connectivity index (χ0n) is 10.9. The van der Waals surface area contributed by atoms with Crippen molar-refractivity contribution < 1.29 is 0 Å². The Morgan fingerprint density at radius 2 is 2.12 bits per heavy atom. The van der Waals surface area contributed by atoms with E-state index in [0.29, 0.717) is 0 Å². The number of rotatable bonds is 3. The summed E-state index contributed by atoms with van der Waals surface area (Å²) in [6.45, 7) is 8.51. The fourth-order valence-electron chi connectivity index (χ4n) is 3.04. The van der Waals surface area contributed by atoms with Crippen LogP contribution in [-0.2, 0) is 0 Å². The third-order valence-corrected chi connectivity index (χ3v) is 4.31. The fraction of sp³-hybridized carbons (Fsp3) is 1.00. The minimum atomic E-state index is 0.725. The first-order chi connectivity index (χ1) is 7.77. The summed E-state index contributed by atoms with van der Waals surface area (Å²) in [6.07, 6.45) is 5.61. The lowest BCUT2D eigenvalue weighted by Crippen LogP contribution is -2.51. The lowest BCUT2D eigenvalue weighted by atomic mass is 9.99. The number of nitrogens with zero attached hydrogens (tertiary/aromatic N) is 2. The highest BCUT2D eigenvalue weighted by Crippen LogP contribution is 2.18. The van der Waals surface area contributed by atoms with Gasteiger partial charge in [0.15, 0.2) is 0 Å². The molecular weight excluding hydrogens is 198 g/mol. The summed E-state index contributed by atoms with van der Waals surface area (Å²) in [5, 5.41) is 3.46. The van der Waals surface area contributed by atoms with Crippen LogP contribution in [0.3, 0.4) is 0 Å². The van der Waals surface area contributed by atoms with Gasteiger partial charge in [-0.15, -0.1) is 0 Å². The van der Waals surface area contributed by atoms with Crippen LogP contribution in [0.15, 0.2) is 0 Å². The highest BCUT2D eigenvalue weighted by Gasteiger charge is 2.22. The smallest absolute Gasteiger partial charge is 0.0192 e. The normalized spacial score (nSPS) is 34.1. The van der Waals surface area contributed by atoms with E-state index in [-0.39, 0.29) is 0 Å². The first-order valence-corrected chi connectivity index (χ1v) is 6.92. The van der Waals surface area contributed by atoms with Crippen LogP contribution in [0.4, 0.5) is 0 Å². The van der Waals surface area contributed by atoms with Gasteiger partial charge in [-0.2, -0.15) is 0 Å². The Morgan fingerprint density at radius 3 is 2.88 bits per heavy atom. The SMILES string of the molecule is C[C@@H]1CNCCN1CCC1CCCCN1C. The number of piperazine rings is 1. The summed E-state index contributed by atoms with van der Waals surface area (Å²) < 4.78 is 0. The van der Waals surface area contributed by atoms with E-state index in [1.165, 1.54) is 58.4 Å². The zero-order valence-corrected chi connectivity index (χ0v) is 10.9. The Morgan fingerprint density at radius 1 is 1.25 bits per heavy atom. The van der Waals surface area contributed by atoms with E-state index in [0.717, 1.165) is 12.1 Å². The molecule has 2 fully saturated rings. The van der Waals surface area contributed by atoms with Crippen LogP contribution in [-0.4, -0.2) is 61.7 Å². The minimum absolute atomic E-state index is 0.725. The van der Waals surface area contributed by atoms with Crippen LogP contribution in [0.5, 0.6) is 0 Å². The molecule has 16 heavy (non-hydrogen) atoms. The highest BCUT2D eigenvalue weighted by molar-refractivity contribution is 4.80. The topological polar surface area (TPSA) is 18.5 Å². The molecule has 2 saturated heterocycles. The van der Waals surface area contributed by atoms with Gasteiger partial charge in [-0.05, 0) is 39.8 Å². The lowest BCUT2D eigenvalue weighted by Gasteiger charge is -2.37. The number of hydrogen-bond donors (Lipinski definition) is 1. The number of likely N-dealkylation sites (tertiary alicyclic amines) is 1. The maximum atomic E-state index is 3.46. The van der Waals surface area contributed by atoms with E-state index in [1.807, 2.05) is 0 Å². The van der Waals surface area contributed by atoms with Gasteiger partial charge >= 0.3 is 0 Å². The van der Waals surface area contributed by atoms with Crippen LogP contribution in [0, 0.1) is 0 Å². The first kappa shape index (κ1) is 12.3. The van der Waals surface area contributed by atoms with Crippen LogP contribution in [0.1, 0.15) is 32.6 Å². The maximum absolute atomic E-state index is 3.46. The standard InChI is InChI=1S/C13H27N3/c1-12-11-14-7-10-16(12)9-6-13-5-3-4-8-15(13)2/h12-14H,3-11H2,1-2H3/t12-,13?/m1/s1. The van der Waals surface area contributed by atoms with Crippen LogP contribution < -0.4 is 5.32 Å². The quantitative estimate of drug-likeness (QED) is 0.777. The predicted octanol–water partition coefficient (Wildman–Crippen LogP) is 1.15. The summed E-state index contributed by atoms with van der Waals surface area (Å²) in [7, 11) is 2.30. The summed E-state index contributed by atoms with van der Waals surface area (Å²) in [4.78, 5) is 5.22. The molecular formula is C13H27N3. The fourth-order valence-corrected chi connectivity index (χ4v) is 3.04. The van der Waals surface area contributed by atoms with Gasteiger partial charge in [0.1, 0.15) is 0 Å². The van der Waals surface area contributed by atoms with Gasteiger partial charge in [-0.1, -0.05) is 6.42 Å². The summed E-state index contributed by atoms with van der Waals surface area (Å²) in [6, 6.07) is 1.57. The Hall–Kier alpha value is -0.120. The van der Waals surface area contributed by atoms with Gasteiger partial charge in [-0.25, -0.2) is 0 Å². The molecule has 2 aliphatic rings. The molecule has 1 unspecified atom stereocenters. The predicted molar refractivity (Wildman–Crippen MR) is 68.8 cm³/mol. The van der Waals surface area contributed by atoms with Crippen LogP contribution >= 0.6 is 0 Å². The monoisotopic (exact) mass is 225 g/mol. The van der Waals surface area contributed by atoms with E-state index in [4.69, 9.17) is 0 Å². The molecule has 0 aliphatic carbocycles. The average molecular weight is 225 g/mol. The molecule has 0 aromatic heterocycles. The maximum Gasteiger partial charge on any atom is 0.0192 e. The van der Waals surface area contributed by atoms with Crippen LogP contribution in [0.2, 0.25) is 0 Å². The molecule has 2 rings (SSSR count). The lowest BCUT2D eigenvalue weighted by molar-refractivity contribution is 0.126. The second kappa shape index (κ2) is 5.99. The number of nitrogens with one attached hydrogen (secondary N) is 1. The minimum Gasteiger partial charge on any atom is -0.314 e. The van der Waals surface area contributed by atoms with Crippen molar-refractivity contribution in [3.8, 4) is 0 Å².